The lowest BCUT2D eigenvalue weighted by Gasteiger charge is -2.32. The van der Waals surface area contributed by atoms with Gasteiger partial charge in [-0.05, 0) is 57.4 Å². The fourth-order valence-electron chi connectivity index (χ4n) is 3.10. The summed E-state index contributed by atoms with van der Waals surface area (Å²) in [7, 11) is 0. The molecule has 1 atom stereocenters. The number of carbonyl (C=O) groups excluding carboxylic acids is 1. The van der Waals surface area contributed by atoms with Crippen LogP contribution in [0.3, 0.4) is 0 Å². The van der Waals surface area contributed by atoms with Gasteiger partial charge in [-0.25, -0.2) is 0 Å². The summed E-state index contributed by atoms with van der Waals surface area (Å²) >= 11 is 1.62. The summed E-state index contributed by atoms with van der Waals surface area (Å²) in [5, 5.41) is 12.8. The smallest absolute Gasteiger partial charge is 0.223 e. The van der Waals surface area contributed by atoms with Gasteiger partial charge in [0.05, 0.1) is 0 Å². The van der Waals surface area contributed by atoms with Crippen molar-refractivity contribution in [2.24, 2.45) is 5.92 Å². The highest BCUT2D eigenvalue weighted by Crippen LogP contribution is 2.27. The maximum Gasteiger partial charge on any atom is 0.223 e. The number of carbonyl (C=O) groups is 1. The Morgan fingerprint density at radius 2 is 1.89 bits per heavy atom. The molecule has 1 fully saturated rings. The molecule has 5 nitrogen and oxygen atoms in total. The van der Waals surface area contributed by atoms with Crippen LogP contribution in [0.25, 0.3) is 0 Å². The predicted octanol–water partition coefficient (Wildman–Crippen LogP) is 4.07. The lowest BCUT2D eigenvalue weighted by Crippen LogP contribution is -2.43. The van der Waals surface area contributed by atoms with E-state index in [2.05, 4.69) is 65.5 Å². The Kier molecular flexibility index (Phi) is 6.72. The van der Waals surface area contributed by atoms with E-state index in [4.69, 9.17) is 0 Å². The van der Waals surface area contributed by atoms with E-state index in [1.807, 2.05) is 12.1 Å². The van der Waals surface area contributed by atoms with Crippen molar-refractivity contribution in [1.82, 2.24) is 15.5 Å². The quantitative estimate of drug-likeness (QED) is 0.814. The zero-order valence-corrected chi connectivity index (χ0v) is 17.1. The van der Waals surface area contributed by atoms with Gasteiger partial charge in [-0.15, -0.1) is 10.2 Å². The molecule has 1 aliphatic rings. The second-order valence-corrected chi connectivity index (χ2v) is 8.32. The van der Waals surface area contributed by atoms with Crippen LogP contribution < -0.4 is 10.2 Å². The molecule has 6 heteroatoms. The molecule has 2 heterocycles. The molecule has 0 unspecified atom stereocenters. The Bertz CT molecular complexity index is 740. The van der Waals surface area contributed by atoms with Crippen molar-refractivity contribution in [1.29, 1.82) is 0 Å². The van der Waals surface area contributed by atoms with Gasteiger partial charge in [-0.2, -0.15) is 0 Å². The number of hydrogen-bond donors (Lipinski definition) is 1. The third kappa shape index (κ3) is 5.45. The van der Waals surface area contributed by atoms with E-state index in [0.717, 1.165) is 48.1 Å². The molecule has 1 amide bonds. The molecule has 0 bridgehead atoms. The first-order chi connectivity index (χ1) is 13.0. The standard InChI is InChI=1S/C21H28N4OS/c1-4-16(3)22-21(26)17-11-13-25(14-12-17)19-9-10-20(24-23-19)27-18-7-5-15(2)6-8-18/h5-10,16-17H,4,11-14H2,1-3H3,(H,22,26)/t16-/m0/s1. The van der Waals surface area contributed by atoms with E-state index >= 15 is 0 Å². The third-order valence-corrected chi connectivity index (χ3v) is 5.99. The van der Waals surface area contributed by atoms with E-state index in [9.17, 15) is 4.79 Å². The van der Waals surface area contributed by atoms with Crippen molar-refractivity contribution >= 4 is 23.5 Å². The van der Waals surface area contributed by atoms with Crippen molar-refractivity contribution in [2.75, 3.05) is 18.0 Å². The van der Waals surface area contributed by atoms with Gasteiger partial charge in [0.15, 0.2) is 5.82 Å². The Morgan fingerprint density at radius 3 is 2.48 bits per heavy atom. The molecule has 27 heavy (non-hydrogen) atoms. The maximum atomic E-state index is 12.3. The lowest BCUT2D eigenvalue weighted by molar-refractivity contribution is -0.126. The van der Waals surface area contributed by atoms with Crippen LogP contribution in [0.5, 0.6) is 0 Å². The maximum absolute atomic E-state index is 12.3. The molecule has 1 aromatic heterocycles. The first kappa shape index (κ1) is 19.7. The van der Waals surface area contributed by atoms with Crippen LogP contribution in [0.15, 0.2) is 46.3 Å². The van der Waals surface area contributed by atoms with Crippen LogP contribution in [0.2, 0.25) is 0 Å². The minimum Gasteiger partial charge on any atom is -0.355 e. The number of nitrogens with zero attached hydrogens (tertiary/aromatic N) is 3. The second kappa shape index (κ2) is 9.22. The summed E-state index contributed by atoms with van der Waals surface area (Å²) < 4.78 is 0. The molecule has 144 valence electrons. The molecule has 1 aliphatic heterocycles. The topological polar surface area (TPSA) is 58.1 Å². The Balaban J connectivity index is 1.52. The summed E-state index contributed by atoms with van der Waals surface area (Å²) in [4.78, 5) is 15.7. The molecule has 0 aliphatic carbocycles. The number of amides is 1. The Labute approximate surface area is 165 Å². The van der Waals surface area contributed by atoms with E-state index in [1.165, 1.54) is 5.56 Å². The fraction of sp³-hybridized carbons (Fsp3) is 0.476. The average Bonchev–Trinajstić information content (AvgIpc) is 2.70. The Hall–Kier alpha value is -2.08. The van der Waals surface area contributed by atoms with E-state index in [1.54, 1.807) is 11.8 Å². The average molecular weight is 385 g/mol. The predicted molar refractivity (Wildman–Crippen MR) is 110 cm³/mol. The normalized spacial score (nSPS) is 16.2. The molecule has 2 aromatic rings. The van der Waals surface area contributed by atoms with Crippen LogP contribution in [0, 0.1) is 12.8 Å². The van der Waals surface area contributed by atoms with Crippen molar-refractivity contribution < 1.29 is 4.79 Å². The molecule has 3 rings (SSSR count). The number of hydrogen-bond acceptors (Lipinski definition) is 5. The molecular formula is C21H28N4OS. The monoisotopic (exact) mass is 384 g/mol. The van der Waals surface area contributed by atoms with Gasteiger partial charge in [0.25, 0.3) is 0 Å². The van der Waals surface area contributed by atoms with Crippen molar-refractivity contribution in [3.8, 4) is 0 Å². The van der Waals surface area contributed by atoms with E-state index < -0.39 is 0 Å². The highest BCUT2D eigenvalue weighted by atomic mass is 32.2. The summed E-state index contributed by atoms with van der Waals surface area (Å²) in [6, 6.07) is 12.7. The van der Waals surface area contributed by atoms with Crippen LogP contribution in [0.4, 0.5) is 5.82 Å². The Morgan fingerprint density at radius 1 is 1.19 bits per heavy atom. The van der Waals surface area contributed by atoms with Crippen molar-refractivity contribution in [2.45, 2.75) is 56.0 Å². The van der Waals surface area contributed by atoms with Gasteiger partial charge in [-0.3, -0.25) is 4.79 Å². The zero-order valence-electron chi connectivity index (χ0n) is 16.3. The van der Waals surface area contributed by atoms with Crippen LogP contribution in [-0.4, -0.2) is 35.2 Å². The number of benzene rings is 1. The van der Waals surface area contributed by atoms with Gasteiger partial charge in [0.2, 0.25) is 5.91 Å². The number of rotatable bonds is 6. The highest BCUT2D eigenvalue weighted by molar-refractivity contribution is 7.99. The summed E-state index contributed by atoms with van der Waals surface area (Å²) in [5.74, 6) is 1.20. The fourth-order valence-corrected chi connectivity index (χ4v) is 3.83. The second-order valence-electron chi connectivity index (χ2n) is 7.22. The summed E-state index contributed by atoms with van der Waals surface area (Å²) in [6.45, 7) is 7.92. The first-order valence-electron chi connectivity index (χ1n) is 9.68. The zero-order chi connectivity index (χ0) is 19.2. The minimum atomic E-state index is 0.111. The molecule has 0 spiro atoms. The van der Waals surface area contributed by atoms with E-state index in [0.29, 0.717) is 0 Å². The SMILES string of the molecule is CC[C@H](C)NC(=O)C1CCN(c2ccc(Sc3ccc(C)cc3)nn2)CC1. The molecule has 0 saturated carbocycles. The number of nitrogens with one attached hydrogen (secondary N) is 1. The van der Waals surface area contributed by atoms with Gasteiger partial charge < -0.3 is 10.2 Å². The molecule has 1 saturated heterocycles. The molecule has 1 aromatic carbocycles. The first-order valence-corrected chi connectivity index (χ1v) is 10.5. The van der Waals surface area contributed by atoms with Crippen LogP contribution >= 0.6 is 11.8 Å². The van der Waals surface area contributed by atoms with Crippen molar-refractivity contribution in [3.05, 3.63) is 42.0 Å². The largest absolute Gasteiger partial charge is 0.355 e. The number of aromatic nitrogens is 2. The lowest BCUT2D eigenvalue weighted by atomic mass is 9.95. The number of anilines is 1. The summed E-state index contributed by atoms with van der Waals surface area (Å²) in [5.41, 5.74) is 1.25. The third-order valence-electron chi connectivity index (χ3n) is 5.06. The highest BCUT2D eigenvalue weighted by Gasteiger charge is 2.26. The van der Waals surface area contributed by atoms with E-state index in [-0.39, 0.29) is 17.9 Å². The van der Waals surface area contributed by atoms with Crippen LogP contribution in [-0.2, 0) is 4.79 Å². The van der Waals surface area contributed by atoms with Gasteiger partial charge >= 0.3 is 0 Å². The molecule has 1 N–H and O–H groups in total. The molecule has 0 radical (unpaired) electrons. The van der Waals surface area contributed by atoms with Gasteiger partial charge in [-0.1, -0.05) is 36.4 Å². The van der Waals surface area contributed by atoms with Crippen LogP contribution in [0.1, 0.15) is 38.7 Å². The number of aryl methyl sites for hydroxylation is 1. The van der Waals surface area contributed by atoms with Gasteiger partial charge in [0.1, 0.15) is 5.03 Å². The van der Waals surface area contributed by atoms with Crippen molar-refractivity contribution in [3.63, 3.8) is 0 Å². The minimum absolute atomic E-state index is 0.111. The molecular weight excluding hydrogens is 356 g/mol. The summed E-state index contributed by atoms with van der Waals surface area (Å²) in [6.07, 6.45) is 2.70. The number of piperidine rings is 1. The van der Waals surface area contributed by atoms with Gasteiger partial charge in [0, 0.05) is 29.9 Å².